The quantitative estimate of drug-likeness (QED) is 0.843. The van der Waals surface area contributed by atoms with Gasteiger partial charge in [-0.3, -0.25) is 4.79 Å². The van der Waals surface area contributed by atoms with Gasteiger partial charge >= 0.3 is 0 Å². The minimum absolute atomic E-state index is 0.00547. The summed E-state index contributed by atoms with van der Waals surface area (Å²) in [7, 11) is 1.61. The second-order valence-electron chi connectivity index (χ2n) is 4.52. The highest BCUT2D eigenvalue weighted by atomic mass is 16.5. The lowest BCUT2D eigenvalue weighted by molar-refractivity contribution is 0.0905. The van der Waals surface area contributed by atoms with Crippen LogP contribution in [-0.4, -0.2) is 31.8 Å². The van der Waals surface area contributed by atoms with Gasteiger partial charge in [-0.05, 0) is 45.0 Å². The van der Waals surface area contributed by atoms with Crippen LogP contribution in [0.4, 0.5) is 0 Å². The van der Waals surface area contributed by atoms with Crippen LogP contribution >= 0.6 is 0 Å². The Kier molecular flexibility index (Phi) is 5.65. The first-order chi connectivity index (χ1) is 8.52. The maximum atomic E-state index is 11.9. The molecule has 1 aromatic carbocycles. The van der Waals surface area contributed by atoms with Gasteiger partial charge in [-0.2, -0.15) is 0 Å². The smallest absolute Gasteiger partial charge is 0.251 e. The Balaban J connectivity index is 2.59. The van der Waals surface area contributed by atoms with E-state index in [0.29, 0.717) is 12.2 Å². The van der Waals surface area contributed by atoms with E-state index in [2.05, 4.69) is 5.32 Å². The average molecular weight is 251 g/mol. The number of hydrogen-bond donors (Lipinski definition) is 1. The SMILES string of the molecule is COC[C@@H](C)NC(=O)c1ccc(OC(C)C)cc1. The van der Waals surface area contributed by atoms with Crippen molar-refractivity contribution in [3.8, 4) is 5.75 Å². The number of nitrogens with one attached hydrogen (secondary N) is 1. The molecule has 0 saturated heterocycles. The normalized spacial score (nSPS) is 12.3. The number of methoxy groups -OCH3 is 1. The largest absolute Gasteiger partial charge is 0.491 e. The lowest BCUT2D eigenvalue weighted by Gasteiger charge is -2.13. The second-order valence-corrected chi connectivity index (χ2v) is 4.52. The first-order valence-corrected chi connectivity index (χ1v) is 6.09. The summed E-state index contributed by atoms with van der Waals surface area (Å²) in [6, 6.07) is 7.11. The first-order valence-electron chi connectivity index (χ1n) is 6.09. The van der Waals surface area contributed by atoms with E-state index in [-0.39, 0.29) is 18.1 Å². The monoisotopic (exact) mass is 251 g/mol. The summed E-state index contributed by atoms with van der Waals surface area (Å²) in [4.78, 5) is 11.9. The van der Waals surface area contributed by atoms with E-state index in [9.17, 15) is 4.79 Å². The van der Waals surface area contributed by atoms with Gasteiger partial charge in [0.15, 0.2) is 0 Å². The summed E-state index contributed by atoms with van der Waals surface area (Å²) in [6.07, 6.45) is 0.131. The van der Waals surface area contributed by atoms with Crippen molar-refractivity contribution in [1.29, 1.82) is 0 Å². The lowest BCUT2D eigenvalue weighted by Crippen LogP contribution is -2.35. The molecular formula is C14H21NO3. The van der Waals surface area contributed by atoms with E-state index < -0.39 is 0 Å². The lowest BCUT2D eigenvalue weighted by atomic mass is 10.2. The van der Waals surface area contributed by atoms with Gasteiger partial charge in [-0.1, -0.05) is 0 Å². The Labute approximate surface area is 108 Å². The topological polar surface area (TPSA) is 47.6 Å². The third-order valence-electron chi connectivity index (χ3n) is 2.28. The number of ether oxygens (including phenoxy) is 2. The minimum atomic E-state index is -0.101. The number of benzene rings is 1. The Morgan fingerprint density at radius 1 is 1.22 bits per heavy atom. The highest BCUT2D eigenvalue weighted by molar-refractivity contribution is 5.94. The van der Waals surface area contributed by atoms with Crippen molar-refractivity contribution in [1.82, 2.24) is 5.32 Å². The molecule has 1 aromatic rings. The van der Waals surface area contributed by atoms with E-state index in [1.165, 1.54) is 0 Å². The molecule has 0 aliphatic heterocycles. The molecule has 1 rings (SSSR count). The van der Waals surface area contributed by atoms with Crippen LogP contribution < -0.4 is 10.1 Å². The Hall–Kier alpha value is -1.55. The molecule has 0 radical (unpaired) electrons. The van der Waals surface area contributed by atoms with Gasteiger partial charge in [0.1, 0.15) is 5.75 Å². The van der Waals surface area contributed by atoms with Crippen molar-refractivity contribution >= 4 is 5.91 Å². The Morgan fingerprint density at radius 3 is 2.33 bits per heavy atom. The Bertz CT molecular complexity index is 373. The van der Waals surface area contributed by atoms with Crippen LogP contribution in [0.3, 0.4) is 0 Å². The van der Waals surface area contributed by atoms with Crippen molar-refractivity contribution < 1.29 is 14.3 Å². The molecule has 1 N–H and O–H groups in total. The maximum absolute atomic E-state index is 11.9. The molecule has 0 aliphatic carbocycles. The van der Waals surface area contributed by atoms with Gasteiger partial charge in [0.25, 0.3) is 5.91 Å². The predicted octanol–water partition coefficient (Wildman–Crippen LogP) is 2.24. The molecule has 0 heterocycles. The minimum Gasteiger partial charge on any atom is -0.491 e. The molecule has 100 valence electrons. The highest BCUT2D eigenvalue weighted by Crippen LogP contribution is 2.13. The van der Waals surface area contributed by atoms with E-state index in [1.807, 2.05) is 20.8 Å². The van der Waals surface area contributed by atoms with Crippen molar-refractivity contribution in [2.75, 3.05) is 13.7 Å². The molecule has 1 amide bonds. The van der Waals surface area contributed by atoms with E-state index >= 15 is 0 Å². The number of carbonyl (C=O) groups is 1. The fourth-order valence-electron chi connectivity index (χ4n) is 1.56. The highest BCUT2D eigenvalue weighted by Gasteiger charge is 2.09. The molecular weight excluding hydrogens is 230 g/mol. The predicted molar refractivity (Wildman–Crippen MR) is 71.0 cm³/mol. The van der Waals surface area contributed by atoms with Crippen LogP contribution in [0.2, 0.25) is 0 Å². The van der Waals surface area contributed by atoms with Crippen molar-refractivity contribution in [3.63, 3.8) is 0 Å². The van der Waals surface area contributed by atoms with Crippen molar-refractivity contribution in [2.24, 2.45) is 0 Å². The van der Waals surface area contributed by atoms with Crippen LogP contribution in [0, 0.1) is 0 Å². The molecule has 0 unspecified atom stereocenters. The zero-order valence-corrected chi connectivity index (χ0v) is 11.4. The van der Waals surface area contributed by atoms with Crippen molar-refractivity contribution in [3.05, 3.63) is 29.8 Å². The summed E-state index contributed by atoms with van der Waals surface area (Å²) >= 11 is 0. The first kappa shape index (κ1) is 14.5. The summed E-state index contributed by atoms with van der Waals surface area (Å²) in [5, 5.41) is 2.85. The van der Waals surface area contributed by atoms with Gasteiger partial charge in [-0.25, -0.2) is 0 Å². The van der Waals surface area contributed by atoms with Crippen LogP contribution in [0.25, 0.3) is 0 Å². The van der Waals surface area contributed by atoms with Gasteiger partial charge < -0.3 is 14.8 Å². The summed E-state index contributed by atoms with van der Waals surface area (Å²) in [5.74, 6) is 0.669. The van der Waals surface area contributed by atoms with Gasteiger partial charge in [-0.15, -0.1) is 0 Å². The van der Waals surface area contributed by atoms with E-state index in [0.717, 1.165) is 5.75 Å². The average Bonchev–Trinajstić information content (AvgIpc) is 2.29. The third-order valence-corrected chi connectivity index (χ3v) is 2.28. The molecule has 0 spiro atoms. The molecule has 4 heteroatoms. The molecule has 0 aliphatic rings. The van der Waals surface area contributed by atoms with Gasteiger partial charge in [0.05, 0.1) is 12.7 Å². The van der Waals surface area contributed by atoms with Crippen LogP contribution in [0.15, 0.2) is 24.3 Å². The van der Waals surface area contributed by atoms with Crippen LogP contribution in [0.1, 0.15) is 31.1 Å². The Morgan fingerprint density at radius 2 is 1.83 bits per heavy atom. The van der Waals surface area contributed by atoms with Crippen LogP contribution in [-0.2, 0) is 4.74 Å². The third kappa shape index (κ3) is 4.75. The van der Waals surface area contributed by atoms with Gasteiger partial charge in [0, 0.05) is 18.7 Å². The van der Waals surface area contributed by atoms with Gasteiger partial charge in [0.2, 0.25) is 0 Å². The fourth-order valence-corrected chi connectivity index (χ4v) is 1.56. The van der Waals surface area contributed by atoms with Crippen LogP contribution in [0.5, 0.6) is 5.75 Å². The number of hydrogen-bond acceptors (Lipinski definition) is 3. The molecule has 0 saturated carbocycles. The number of rotatable bonds is 6. The summed E-state index contributed by atoms with van der Waals surface area (Å²) < 4.78 is 10.5. The molecule has 0 fully saturated rings. The fraction of sp³-hybridized carbons (Fsp3) is 0.500. The van der Waals surface area contributed by atoms with Crippen molar-refractivity contribution in [2.45, 2.75) is 32.9 Å². The summed E-state index contributed by atoms with van der Waals surface area (Å²) in [5.41, 5.74) is 0.619. The maximum Gasteiger partial charge on any atom is 0.251 e. The molecule has 4 nitrogen and oxygen atoms in total. The zero-order chi connectivity index (χ0) is 13.5. The number of amides is 1. The second kappa shape index (κ2) is 7.01. The molecule has 0 aromatic heterocycles. The molecule has 1 atom stereocenters. The van der Waals surface area contributed by atoms with E-state index in [4.69, 9.17) is 9.47 Å². The zero-order valence-electron chi connectivity index (χ0n) is 11.4. The molecule has 0 bridgehead atoms. The summed E-state index contributed by atoms with van der Waals surface area (Å²) in [6.45, 7) is 6.33. The molecule has 18 heavy (non-hydrogen) atoms. The standard InChI is InChI=1S/C14H21NO3/c1-10(2)18-13-7-5-12(6-8-13)14(16)15-11(3)9-17-4/h5-8,10-11H,9H2,1-4H3,(H,15,16)/t11-/m1/s1. The number of carbonyl (C=O) groups excluding carboxylic acids is 1. The van der Waals surface area contributed by atoms with E-state index in [1.54, 1.807) is 31.4 Å².